The van der Waals surface area contributed by atoms with E-state index < -0.39 is 6.09 Å². The highest BCUT2D eigenvalue weighted by atomic mass is 16.4. The van der Waals surface area contributed by atoms with E-state index in [9.17, 15) is 9.59 Å². The Bertz CT molecular complexity index is 430. The van der Waals surface area contributed by atoms with Crippen molar-refractivity contribution in [2.24, 2.45) is 4.99 Å². The maximum atomic E-state index is 9.77. The quantitative estimate of drug-likeness (QED) is 0.520. The largest absolute Gasteiger partial charge is 0.465 e. The van der Waals surface area contributed by atoms with Crippen molar-refractivity contribution in [3.63, 3.8) is 0 Å². The Labute approximate surface area is 104 Å². The van der Waals surface area contributed by atoms with Gasteiger partial charge in [-0.1, -0.05) is 17.7 Å². The van der Waals surface area contributed by atoms with Gasteiger partial charge in [0.25, 0.3) is 0 Å². The molecule has 0 saturated heterocycles. The summed E-state index contributed by atoms with van der Waals surface area (Å²) in [5, 5.41) is 15.0. The molecule has 0 aromatic heterocycles. The van der Waals surface area contributed by atoms with E-state index in [0.717, 1.165) is 11.6 Å². The Morgan fingerprint density at radius 1 is 1.33 bits per heavy atom. The highest BCUT2D eigenvalue weighted by molar-refractivity contribution is 5.63. The number of benzene rings is 1. The van der Waals surface area contributed by atoms with Crippen molar-refractivity contribution in [2.75, 3.05) is 7.05 Å². The van der Waals surface area contributed by atoms with E-state index in [4.69, 9.17) is 15.3 Å². The van der Waals surface area contributed by atoms with Gasteiger partial charge in [-0.25, -0.2) is 19.8 Å². The Morgan fingerprint density at radius 3 is 2.00 bits per heavy atom. The molecule has 18 heavy (non-hydrogen) atoms. The van der Waals surface area contributed by atoms with Crippen LogP contribution in [-0.4, -0.2) is 30.4 Å². The molecule has 96 valence electrons. The maximum Gasteiger partial charge on any atom is 0.404 e. The van der Waals surface area contributed by atoms with Crippen LogP contribution in [0.4, 0.5) is 10.5 Å². The van der Waals surface area contributed by atoms with Gasteiger partial charge in [-0.05, 0) is 19.1 Å². The van der Waals surface area contributed by atoms with Crippen LogP contribution in [0.25, 0.3) is 0 Å². The van der Waals surface area contributed by atoms with Gasteiger partial charge in [0.1, 0.15) is 0 Å². The van der Waals surface area contributed by atoms with Crippen molar-refractivity contribution < 1.29 is 19.5 Å². The number of aliphatic imine (C=N–C) groups is 1. The summed E-state index contributed by atoms with van der Waals surface area (Å²) in [5.74, 6) is 0. The van der Waals surface area contributed by atoms with Crippen LogP contribution in [0.15, 0.2) is 29.3 Å². The molecule has 0 bridgehead atoms. The number of nitrogens with one attached hydrogen (secondary N) is 2. The van der Waals surface area contributed by atoms with Gasteiger partial charge in [0.2, 0.25) is 12.2 Å². The zero-order valence-corrected chi connectivity index (χ0v) is 9.93. The molecule has 0 aliphatic heterocycles. The molecule has 1 aromatic carbocycles. The smallest absolute Gasteiger partial charge is 0.404 e. The summed E-state index contributed by atoms with van der Waals surface area (Å²) in [6, 6.07) is 7.35. The number of carbonyl (C=O) groups is 1. The lowest BCUT2D eigenvalue weighted by molar-refractivity contribution is 0.197. The molecule has 1 amide bonds. The number of hydrogen-bond donors (Lipinski definition) is 3. The molecule has 1 aromatic rings. The van der Waals surface area contributed by atoms with E-state index in [1.165, 1.54) is 13.1 Å². The highest BCUT2D eigenvalue weighted by Crippen LogP contribution is 2.10. The number of amides is 1. The van der Waals surface area contributed by atoms with Crippen LogP contribution in [0, 0.1) is 12.3 Å². The first kappa shape index (κ1) is 17.6. The third-order valence-corrected chi connectivity index (χ3v) is 1.42. The fourth-order valence-corrected chi connectivity index (χ4v) is 0.672. The van der Waals surface area contributed by atoms with Crippen LogP contribution in [0.3, 0.4) is 0 Å². The van der Waals surface area contributed by atoms with Crippen LogP contribution in [0.1, 0.15) is 5.56 Å². The molecule has 0 radical (unpaired) electrons. The van der Waals surface area contributed by atoms with E-state index >= 15 is 0 Å². The first-order valence-corrected chi connectivity index (χ1v) is 4.60. The summed E-state index contributed by atoms with van der Waals surface area (Å²) < 4.78 is 0. The lowest BCUT2D eigenvalue weighted by Gasteiger charge is -1.89. The van der Waals surface area contributed by atoms with Gasteiger partial charge in [-0.3, -0.25) is 0 Å². The second kappa shape index (κ2) is 12.3. The minimum Gasteiger partial charge on any atom is -0.465 e. The van der Waals surface area contributed by atoms with Crippen LogP contribution < -0.4 is 5.32 Å². The third-order valence-electron chi connectivity index (χ3n) is 1.42. The number of aryl methyl sites for hydroxylation is 1. The SMILES string of the molecule is CNC(=O)O.Cc1ccc(N=C=O)cc1.N=C=O. The molecule has 0 saturated carbocycles. The normalized spacial score (nSPS) is 7.00. The molecular weight excluding hydrogens is 238 g/mol. The second-order valence-electron chi connectivity index (χ2n) is 2.70. The minimum atomic E-state index is -0.995. The van der Waals surface area contributed by atoms with Crippen LogP contribution >= 0.6 is 0 Å². The number of carboxylic acid groups (broad SMARTS) is 1. The van der Waals surface area contributed by atoms with E-state index in [0.29, 0.717) is 5.69 Å². The monoisotopic (exact) mass is 251 g/mol. The van der Waals surface area contributed by atoms with Gasteiger partial charge < -0.3 is 10.4 Å². The molecule has 7 heteroatoms. The molecule has 0 aliphatic carbocycles. The average molecular weight is 251 g/mol. The number of nitrogens with zero attached hydrogens (tertiary/aromatic N) is 1. The predicted octanol–water partition coefficient (Wildman–Crippen LogP) is 1.75. The van der Waals surface area contributed by atoms with Gasteiger partial charge in [0, 0.05) is 7.05 Å². The van der Waals surface area contributed by atoms with Gasteiger partial charge in [0.15, 0.2) is 0 Å². The molecule has 7 nitrogen and oxygen atoms in total. The summed E-state index contributed by atoms with van der Waals surface area (Å²) >= 11 is 0. The predicted molar refractivity (Wildman–Crippen MR) is 64.5 cm³/mol. The molecule has 0 heterocycles. The van der Waals surface area contributed by atoms with Crippen molar-refractivity contribution in [3.8, 4) is 0 Å². The molecule has 1 rings (SSSR count). The Kier molecular flexibility index (Phi) is 12.1. The Morgan fingerprint density at radius 2 is 1.72 bits per heavy atom. The van der Waals surface area contributed by atoms with Crippen LogP contribution in [-0.2, 0) is 9.59 Å². The molecule has 0 atom stereocenters. The summed E-state index contributed by atoms with van der Waals surface area (Å²) in [5.41, 5.74) is 1.81. The van der Waals surface area contributed by atoms with E-state index in [1.807, 2.05) is 24.4 Å². The van der Waals surface area contributed by atoms with Gasteiger partial charge in [-0.2, -0.15) is 4.99 Å². The van der Waals surface area contributed by atoms with Crippen molar-refractivity contribution >= 4 is 23.9 Å². The first-order valence-electron chi connectivity index (χ1n) is 4.60. The van der Waals surface area contributed by atoms with Gasteiger partial charge in [-0.15, -0.1) is 0 Å². The molecule has 0 unspecified atom stereocenters. The summed E-state index contributed by atoms with van der Waals surface area (Å²) in [6.07, 6.45) is 1.23. The highest BCUT2D eigenvalue weighted by Gasteiger charge is 1.85. The first-order chi connectivity index (χ1) is 8.51. The topological polar surface area (TPSA) is 120 Å². The molecule has 3 N–H and O–H groups in total. The summed E-state index contributed by atoms with van der Waals surface area (Å²) in [4.78, 5) is 30.8. The van der Waals surface area contributed by atoms with Crippen molar-refractivity contribution in [2.45, 2.75) is 6.92 Å². The maximum absolute atomic E-state index is 9.77. The lowest BCUT2D eigenvalue weighted by Crippen LogP contribution is -2.13. The standard InChI is InChI=1S/C8H7NO.C2H5NO2.CHNO/c1-7-2-4-8(5-3-7)9-6-10;1-3-2(4)5;2-1-3/h2-5H,1H3;3H,1H3,(H,4,5);2H. The average Bonchev–Trinajstić information content (AvgIpc) is 2.34. The minimum absolute atomic E-state index is 0.653. The lowest BCUT2D eigenvalue weighted by atomic mass is 10.2. The zero-order valence-electron chi connectivity index (χ0n) is 9.93. The zero-order chi connectivity index (χ0) is 14.4. The van der Waals surface area contributed by atoms with E-state index in [1.54, 1.807) is 12.1 Å². The van der Waals surface area contributed by atoms with Crippen molar-refractivity contribution in [3.05, 3.63) is 29.8 Å². The third kappa shape index (κ3) is 13.2. The van der Waals surface area contributed by atoms with Crippen LogP contribution in [0.5, 0.6) is 0 Å². The number of carbonyl (C=O) groups excluding carboxylic acids is 2. The van der Waals surface area contributed by atoms with E-state index in [2.05, 4.69) is 4.99 Å². The summed E-state index contributed by atoms with van der Waals surface area (Å²) in [7, 11) is 1.35. The Hall–Kier alpha value is -2.75. The Balaban J connectivity index is 0. The fraction of sp³-hybridized carbons (Fsp3) is 0.182. The van der Waals surface area contributed by atoms with Gasteiger partial charge >= 0.3 is 6.09 Å². The van der Waals surface area contributed by atoms with Crippen molar-refractivity contribution in [1.82, 2.24) is 5.32 Å². The molecule has 0 spiro atoms. The molecule has 0 fully saturated rings. The second-order valence-corrected chi connectivity index (χ2v) is 2.70. The summed E-state index contributed by atoms with van der Waals surface area (Å²) in [6.45, 7) is 1.98. The molecular formula is C11H13N3O4. The van der Waals surface area contributed by atoms with Crippen LogP contribution in [0.2, 0.25) is 0 Å². The number of hydrogen-bond acceptors (Lipinski definition) is 5. The fourth-order valence-electron chi connectivity index (χ4n) is 0.672. The van der Waals surface area contributed by atoms with Gasteiger partial charge in [0.05, 0.1) is 5.69 Å². The van der Waals surface area contributed by atoms with E-state index in [-0.39, 0.29) is 0 Å². The van der Waals surface area contributed by atoms with Crippen molar-refractivity contribution in [1.29, 1.82) is 5.41 Å². The number of rotatable bonds is 1. The molecule has 0 aliphatic rings. The number of isocyanates is 2.